The quantitative estimate of drug-likeness (QED) is 0.425. The third-order valence-electron chi connectivity index (χ3n) is 4.39. The molecule has 0 fully saturated rings. The van der Waals surface area contributed by atoms with Gasteiger partial charge < -0.3 is 5.32 Å². The fraction of sp³-hybridized carbons (Fsp3) is 0.0952. The molecule has 1 atom stereocenters. The lowest BCUT2D eigenvalue weighted by atomic mass is 9.84. The van der Waals surface area contributed by atoms with Crippen molar-refractivity contribution in [1.29, 1.82) is 0 Å². The van der Waals surface area contributed by atoms with Crippen molar-refractivity contribution in [2.24, 2.45) is 0 Å². The van der Waals surface area contributed by atoms with Gasteiger partial charge >= 0.3 is 0 Å². The van der Waals surface area contributed by atoms with Crippen molar-refractivity contribution in [3.05, 3.63) is 83.2 Å². The fourth-order valence-electron chi connectivity index (χ4n) is 2.98. The number of thioether (sulfide) groups is 1. The van der Waals surface area contributed by atoms with Crippen LogP contribution in [0.5, 0.6) is 0 Å². The minimum absolute atomic E-state index is 0.187. The summed E-state index contributed by atoms with van der Waals surface area (Å²) in [4.78, 5) is 46.1. The zero-order chi connectivity index (χ0) is 19.7. The molecule has 0 saturated carbocycles. The van der Waals surface area contributed by atoms with Gasteiger partial charge in [0, 0.05) is 40.3 Å². The number of rotatable bonds is 4. The zero-order valence-corrected chi connectivity index (χ0v) is 15.7. The highest BCUT2D eigenvalue weighted by molar-refractivity contribution is 8.00. The normalized spacial score (nSPS) is 13.5. The van der Waals surface area contributed by atoms with E-state index in [2.05, 4.69) is 15.3 Å². The third kappa shape index (κ3) is 3.32. The standard InChI is InChI=1S/C21H15N3O3S/c1-12(28-21-22-9-4-10-23-21)20(27)24-13-7-8-16-17(11-13)19(26)15-6-3-2-5-14(15)18(16)25/h2-12H,1H3,(H,24,27)/t12-/m0/s1. The predicted octanol–water partition coefficient (Wildman–Crippen LogP) is 3.37. The summed E-state index contributed by atoms with van der Waals surface area (Å²) < 4.78 is 0. The van der Waals surface area contributed by atoms with E-state index in [0.29, 0.717) is 33.1 Å². The number of aromatic nitrogens is 2. The van der Waals surface area contributed by atoms with Crippen LogP contribution >= 0.6 is 11.8 Å². The number of ketones is 2. The number of amides is 1. The number of hydrogen-bond donors (Lipinski definition) is 1. The van der Waals surface area contributed by atoms with E-state index >= 15 is 0 Å². The van der Waals surface area contributed by atoms with Crippen LogP contribution < -0.4 is 5.32 Å². The molecule has 1 N–H and O–H groups in total. The average Bonchev–Trinajstić information content (AvgIpc) is 2.72. The van der Waals surface area contributed by atoms with E-state index < -0.39 is 5.25 Å². The number of anilines is 1. The molecule has 2 aromatic carbocycles. The van der Waals surface area contributed by atoms with Gasteiger partial charge in [-0.2, -0.15) is 0 Å². The van der Waals surface area contributed by atoms with Crippen LogP contribution in [0.4, 0.5) is 5.69 Å². The lowest BCUT2D eigenvalue weighted by molar-refractivity contribution is -0.115. The summed E-state index contributed by atoms with van der Waals surface area (Å²) in [6.45, 7) is 1.75. The first-order chi connectivity index (χ1) is 13.5. The van der Waals surface area contributed by atoms with E-state index in [4.69, 9.17) is 0 Å². The topological polar surface area (TPSA) is 89.0 Å². The van der Waals surface area contributed by atoms with Crippen LogP contribution in [0.1, 0.15) is 38.8 Å². The van der Waals surface area contributed by atoms with Crippen molar-refractivity contribution >= 4 is 34.9 Å². The Morgan fingerprint density at radius 2 is 1.50 bits per heavy atom. The number of fused-ring (bicyclic) bond motifs is 2. The number of carbonyl (C=O) groups excluding carboxylic acids is 3. The summed E-state index contributed by atoms with van der Waals surface area (Å²) in [5, 5.41) is 2.87. The molecule has 1 amide bonds. The first kappa shape index (κ1) is 18.1. The molecule has 0 saturated heterocycles. The van der Waals surface area contributed by atoms with Gasteiger partial charge in [-0.25, -0.2) is 9.97 Å². The Hall–Kier alpha value is -3.32. The van der Waals surface area contributed by atoms with Gasteiger partial charge in [-0.05, 0) is 31.2 Å². The molecular formula is C21H15N3O3S. The van der Waals surface area contributed by atoms with E-state index in [1.165, 1.54) is 11.8 Å². The van der Waals surface area contributed by atoms with E-state index in [1.807, 2.05) is 0 Å². The molecule has 7 heteroatoms. The smallest absolute Gasteiger partial charge is 0.237 e. The van der Waals surface area contributed by atoms with Gasteiger partial charge in [0.15, 0.2) is 16.7 Å². The second kappa shape index (κ2) is 7.36. The Morgan fingerprint density at radius 1 is 0.893 bits per heavy atom. The maximum atomic E-state index is 12.8. The molecule has 1 heterocycles. The number of hydrogen-bond acceptors (Lipinski definition) is 6. The van der Waals surface area contributed by atoms with Crippen LogP contribution in [0.25, 0.3) is 0 Å². The summed E-state index contributed by atoms with van der Waals surface area (Å²) >= 11 is 1.24. The van der Waals surface area contributed by atoms with Gasteiger partial charge in [0.05, 0.1) is 5.25 Å². The molecule has 0 aliphatic heterocycles. The molecular weight excluding hydrogens is 374 g/mol. The van der Waals surface area contributed by atoms with E-state index in [0.717, 1.165) is 0 Å². The monoisotopic (exact) mass is 389 g/mol. The van der Waals surface area contributed by atoms with Crippen molar-refractivity contribution in [3.63, 3.8) is 0 Å². The molecule has 4 rings (SSSR count). The Labute approximate surface area is 165 Å². The second-order valence-corrected chi connectivity index (χ2v) is 7.55. The molecule has 0 spiro atoms. The Morgan fingerprint density at radius 3 is 2.18 bits per heavy atom. The highest BCUT2D eigenvalue weighted by Gasteiger charge is 2.29. The summed E-state index contributed by atoms with van der Waals surface area (Å²) in [6, 6.07) is 13.2. The summed E-state index contributed by atoms with van der Waals surface area (Å²) in [5.41, 5.74) is 1.90. The summed E-state index contributed by atoms with van der Waals surface area (Å²) in [5.74, 6) is -0.651. The van der Waals surface area contributed by atoms with Crippen LogP contribution in [-0.2, 0) is 4.79 Å². The highest BCUT2D eigenvalue weighted by atomic mass is 32.2. The minimum atomic E-state index is -0.434. The number of nitrogens with zero attached hydrogens (tertiary/aromatic N) is 2. The SMILES string of the molecule is C[C@H](Sc1ncccn1)C(=O)Nc1ccc2c(c1)C(=O)c1ccccc1C2=O. The van der Waals surface area contributed by atoms with Gasteiger partial charge in [-0.1, -0.05) is 36.0 Å². The van der Waals surface area contributed by atoms with Crippen molar-refractivity contribution in [2.75, 3.05) is 5.32 Å². The van der Waals surface area contributed by atoms with Crippen LogP contribution in [0.3, 0.4) is 0 Å². The zero-order valence-electron chi connectivity index (χ0n) is 14.9. The van der Waals surface area contributed by atoms with Crippen molar-refractivity contribution < 1.29 is 14.4 Å². The van der Waals surface area contributed by atoms with Crippen molar-refractivity contribution in [3.8, 4) is 0 Å². The van der Waals surface area contributed by atoms with Crippen LogP contribution in [0, 0.1) is 0 Å². The van der Waals surface area contributed by atoms with E-state index in [1.54, 1.807) is 67.8 Å². The van der Waals surface area contributed by atoms with E-state index in [-0.39, 0.29) is 17.5 Å². The van der Waals surface area contributed by atoms with E-state index in [9.17, 15) is 14.4 Å². The number of nitrogens with one attached hydrogen (secondary N) is 1. The summed E-state index contributed by atoms with van der Waals surface area (Å²) in [6.07, 6.45) is 3.23. The lowest BCUT2D eigenvalue weighted by Gasteiger charge is -2.18. The van der Waals surface area contributed by atoms with Gasteiger partial charge in [-0.3, -0.25) is 14.4 Å². The lowest BCUT2D eigenvalue weighted by Crippen LogP contribution is -2.24. The average molecular weight is 389 g/mol. The van der Waals surface area contributed by atoms with Gasteiger partial charge in [0.2, 0.25) is 5.91 Å². The van der Waals surface area contributed by atoms with Crippen LogP contribution in [-0.4, -0.2) is 32.7 Å². The van der Waals surface area contributed by atoms with Crippen molar-refractivity contribution in [1.82, 2.24) is 9.97 Å². The second-order valence-electron chi connectivity index (χ2n) is 6.24. The molecule has 3 aromatic rings. The Kier molecular flexibility index (Phi) is 4.75. The molecule has 6 nitrogen and oxygen atoms in total. The Balaban J connectivity index is 1.55. The van der Waals surface area contributed by atoms with Crippen LogP contribution in [0.2, 0.25) is 0 Å². The molecule has 0 radical (unpaired) electrons. The van der Waals surface area contributed by atoms with Gasteiger partial charge in [0.25, 0.3) is 0 Å². The first-order valence-electron chi connectivity index (χ1n) is 8.61. The van der Waals surface area contributed by atoms with Gasteiger partial charge in [0.1, 0.15) is 0 Å². The largest absolute Gasteiger partial charge is 0.325 e. The molecule has 1 aromatic heterocycles. The molecule has 138 valence electrons. The molecule has 1 aliphatic carbocycles. The minimum Gasteiger partial charge on any atom is -0.325 e. The fourth-order valence-corrected chi connectivity index (χ4v) is 3.70. The predicted molar refractivity (Wildman–Crippen MR) is 106 cm³/mol. The molecule has 28 heavy (non-hydrogen) atoms. The first-order valence-corrected chi connectivity index (χ1v) is 9.49. The summed E-state index contributed by atoms with van der Waals surface area (Å²) in [7, 11) is 0. The van der Waals surface area contributed by atoms with Gasteiger partial charge in [-0.15, -0.1) is 0 Å². The number of carbonyl (C=O) groups is 3. The maximum absolute atomic E-state index is 12.8. The number of benzene rings is 2. The molecule has 1 aliphatic rings. The highest BCUT2D eigenvalue weighted by Crippen LogP contribution is 2.29. The third-order valence-corrected chi connectivity index (χ3v) is 5.38. The van der Waals surface area contributed by atoms with Crippen LogP contribution in [0.15, 0.2) is 66.1 Å². The molecule has 0 unspecified atom stereocenters. The Bertz CT molecular complexity index is 1100. The van der Waals surface area contributed by atoms with Crippen molar-refractivity contribution in [2.45, 2.75) is 17.3 Å². The molecule has 0 bridgehead atoms. The maximum Gasteiger partial charge on any atom is 0.237 e.